The summed E-state index contributed by atoms with van der Waals surface area (Å²) >= 11 is 0. The van der Waals surface area contributed by atoms with Crippen LogP contribution in [0, 0.1) is 21.4 Å². The van der Waals surface area contributed by atoms with E-state index in [0.29, 0.717) is 12.2 Å². The van der Waals surface area contributed by atoms with Crippen LogP contribution in [-0.4, -0.2) is 12.0 Å². The lowest BCUT2D eigenvalue weighted by Gasteiger charge is -2.09. The summed E-state index contributed by atoms with van der Waals surface area (Å²) in [6.45, 7) is 0.508. The Morgan fingerprint density at radius 1 is 1.12 bits per heavy atom. The number of methoxy groups -OCH3 is 1. The third-order valence-electron chi connectivity index (χ3n) is 3.93. The SMILES string of the molecule is COc1ccc2cc(CNc3ccc([N+](=O)[O-])cc3C#N)ccc2c1. The molecule has 0 aromatic heterocycles. The molecule has 0 radical (unpaired) electrons. The summed E-state index contributed by atoms with van der Waals surface area (Å²) in [7, 11) is 1.64. The van der Waals surface area contributed by atoms with Gasteiger partial charge in [-0.2, -0.15) is 5.26 Å². The molecule has 124 valence electrons. The predicted molar refractivity (Wildman–Crippen MR) is 95.6 cm³/mol. The molecule has 0 saturated heterocycles. The van der Waals surface area contributed by atoms with Crippen LogP contribution >= 0.6 is 0 Å². The van der Waals surface area contributed by atoms with E-state index < -0.39 is 4.92 Å². The minimum Gasteiger partial charge on any atom is -0.497 e. The molecular formula is C19H15N3O3. The number of non-ortho nitro benzene ring substituents is 1. The molecule has 6 nitrogen and oxygen atoms in total. The van der Waals surface area contributed by atoms with E-state index in [2.05, 4.69) is 11.4 Å². The van der Waals surface area contributed by atoms with Gasteiger partial charge in [-0.05, 0) is 40.6 Å². The van der Waals surface area contributed by atoms with E-state index in [1.807, 2.05) is 36.4 Å². The van der Waals surface area contributed by atoms with Crippen LogP contribution in [0.15, 0.2) is 54.6 Å². The molecule has 0 aliphatic heterocycles. The fourth-order valence-corrected chi connectivity index (χ4v) is 2.60. The molecule has 6 heteroatoms. The Morgan fingerprint density at radius 2 is 1.88 bits per heavy atom. The van der Waals surface area contributed by atoms with Gasteiger partial charge in [0.2, 0.25) is 0 Å². The minimum atomic E-state index is -0.512. The van der Waals surface area contributed by atoms with E-state index in [1.54, 1.807) is 13.2 Å². The molecule has 0 atom stereocenters. The lowest BCUT2D eigenvalue weighted by molar-refractivity contribution is -0.384. The molecule has 0 bridgehead atoms. The van der Waals surface area contributed by atoms with Gasteiger partial charge in [0.1, 0.15) is 11.8 Å². The average Bonchev–Trinajstić information content (AvgIpc) is 2.65. The highest BCUT2D eigenvalue weighted by Gasteiger charge is 2.10. The summed E-state index contributed by atoms with van der Waals surface area (Å²) < 4.78 is 5.22. The quantitative estimate of drug-likeness (QED) is 0.557. The summed E-state index contributed by atoms with van der Waals surface area (Å²) in [6, 6.07) is 18.1. The first-order valence-corrected chi connectivity index (χ1v) is 7.60. The van der Waals surface area contributed by atoms with Gasteiger partial charge in [-0.15, -0.1) is 0 Å². The summed E-state index contributed by atoms with van der Waals surface area (Å²) in [5.74, 6) is 0.808. The van der Waals surface area contributed by atoms with Crippen LogP contribution in [0.4, 0.5) is 11.4 Å². The number of fused-ring (bicyclic) bond motifs is 1. The van der Waals surface area contributed by atoms with Gasteiger partial charge in [0.25, 0.3) is 5.69 Å². The molecule has 25 heavy (non-hydrogen) atoms. The normalized spacial score (nSPS) is 10.2. The number of nitro groups is 1. The highest BCUT2D eigenvalue weighted by atomic mass is 16.6. The third kappa shape index (κ3) is 3.51. The van der Waals surface area contributed by atoms with Crippen molar-refractivity contribution in [3.8, 4) is 11.8 Å². The summed E-state index contributed by atoms with van der Waals surface area (Å²) in [4.78, 5) is 10.3. The zero-order valence-electron chi connectivity index (χ0n) is 13.5. The molecule has 3 rings (SSSR count). The predicted octanol–water partition coefficient (Wildman–Crippen LogP) is 4.24. The van der Waals surface area contributed by atoms with E-state index in [-0.39, 0.29) is 11.3 Å². The van der Waals surface area contributed by atoms with Gasteiger partial charge in [0, 0.05) is 18.7 Å². The van der Waals surface area contributed by atoms with Gasteiger partial charge < -0.3 is 10.1 Å². The number of rotatable bonds is 5. The molecule has 0 aliphatic carbocycles. The zero-order chi connectivity index (χ0) is 17.8. The van der Waals surface area contributed by atoms with Crippen molar-refractivity contribution in [2.75, 3.05) is 12.4 Å². The first kappa shape index (κ1) is 16.3. The smallest absolute Gasteiger partial charge is 0.270 e. The van der Waals surface area contributed by atoms with E-state index in [9.17, 15) is 15.4 Å². The van der Waals surface area contributed by atoms with Crippen LogP contribution in [-0.2, 0) is 6.54 Å². The fourth-order valence-electron chi connectivity index (χ4n) is 2.60. The lowest BCUT2D eigenvalue weighted by atomic mass is 10.1. The Hall–Kier alpha value is -3.59. The van der Waals surface area contributed by atoms with Crippen molar-refractivity contribution >= 4 is 22.1 Å². The highest BCUT2D eigenvalue weighted by Crippen LogP contribution is 2.24. The Labute approximate surface area is 144 Å². The van der Waals surface area contributed by atoms with Gasteiger partial charge in [-0.1, -0.05) is 18.2 Å². The average molecular weight is 333 g/mol. The first-order chi connectivity index (χ1) is 12.1. The molecule has 0 amide bonds. The maximum absolute atomic E-state index is 10.8. The van der Waals surface area contributed by atoms with Crippen LogP contribution in [0.3, 0.4) is 0 Å². The van der Waals surface area contributed by atoms with Crippen molar-refractivity contribution in [2.24, 2.45) is 0 Å². The number of hydrogen-bond donors (Lipinski definition) is 1. The molecule has 0 unspecified atom stereocenters. The Morgan fingerprint density at radius 3 is 2.60 bits per heavy atom. The van der Waals surface area contributed by atoms with Crippen molar-refractivity contribution in [3.05, 3.63) is 75.8 Å². The number of hydrogen-bond acceptors (Lipinski definition) is 5. The second-order valence-corrected chi connectivity index (χ2v) is 5.50. The van der Waals surface area contributed by atoms with Crippen LogP contribution in [0.2, 0.25) is 0 Å². The first-order valence-electron chi connectivity index (χ1n) is 7.60. The number of nitro benzene ring substituents is 1. The van der Waals surface area contributed by atoms with Crippen LogP contribution in [0.5, 0.6) is 5.75 Å². The number of nitrogens with zero attached hydrogens (tertiary/aromatic N) is 2. The summed E-state index contributed by atoms with van der Waals surface area (Å²) in [5.41, 5.74) is 1.77. The molecule has 0 aliphatic rings. The summed E-state index contributed by atoms with van der Waals surface area (Å²) in [5, 5.41) is 25.3. The number of nitriles is 1. The second kappa shape index (κ2) is 6.89. The molecular weight excluding hydrogens is 318 g/mol. The Bertz CT molecular complexity index is 993. The molecule has 0 saturated carbocycles. The van der Waals surface area contributed by atoms with E-state index in [1.165, 1.54) is 12.1 Å². The van der Waals surface area contributed by atoms with Crippen molar-refractivity contribution in [2.45, 2.75) is 6.54 Å². The van der Waals surface area contributed by atoms with Crippen LogP contribution in [0.1, 0.15) is 11.1 Å². The van der Waals surface area contributed by atoms with Gasteiger partial charge in [0.05, 0.1) is 23.3 Å². The van der Waals surface area contributed by atoms with Crippen LogP contribution in [0.25, 0.3) is 10.8 Å². The maximum Gasteiger partial charge on any atom is 0.270 e. The van der Waals surface area contributed by atoms with E-state index in [4.69, 9.17) is 4.74 Å². The molecule has 3 aromatic rings. The topological polar surface area (TPSA) is 88.2 Å². The van der Waals surface area contributed by atoms with Crippen LogP contribution < -0.4 is 10.1 Å². The maximum atomic E-state index is 10.8. The molecule has 1 N–H and O–H groups in total. The second-order valence-electron chi connectivity index (χ2n) is 5.50. The van der Waals surface area contributed by atoms with E-state index in [0.717, 1.165) is 22.1 Å². The Kier molecular flexibility index (Phi) is 4.48. The van der Waals surface area contributed by atoms with Gasteiger partial charge in [0.15, 0.2) is 0 Å². The standard InChI is InChI=1S/C19H15N3O3/c1-25-18-6-4-14-8-13(2-3-15(14)10-18)12-21-19-7-5-17(22(23)24)9-16(19)11-20/h2-10,21H,12H2,1H3. The number of nitrogens with one attached hydrogen (secondary N) is 1. The van der Waals surface area contributed by atoms with Gasteiger partial charge >= 0.3 is 0 Å². The number of ether oxygens (including phenoxy) is 1. The lowest BCUT2D eigenvalue weighted by Crippen LogP contribution is -2.02. The number of benzene rings is 3. The minimum absolute atomic E-state index is 0.0956. The monoisotopic (exact) mass is 333 g/mol. The largest absolute Gasteiger partial charge is 0.497 e. The van der Waals surface area contributed by atoms with Crippen molar-refractivity contribution < 1.29 is 9.66 Å². The summed E-state index contributed by atoms with van der Waals surface area (Å²) in [6.07, 6.45) is 0. The van der Waals surface area contributed by atoms with Crippen molar-refractivity contribution in [3.63, 3.8) is 0 Å². The van der Waals surface area contributed by atoms with E-state index >= 15 is 0 Å². The molecule has 0 heterocycles. The Balaban J connectivity index is 1.80. The van der Waals surface area contributed by atoms with Crippen molar-refractivity contribution in [1.29, 1.82) is 5.26 Å². The van der Waals surface area contributed by atoms with Gasteiger partial charge in [-0.25, -0.2) is 0 Å². The van der Waals surface area contributed by atoms with Gasteiger partial charge in [-0.3, -0.25) is 10.1 Å². The number of anilines is 1. The molecule has 0 spiro atoms. The molecule has 0 fully saturated rings. The fraction of sp³-hybridized carbons (Fsp3) is 0.105. The zero-order valence-corrected chi connectivity index (χ0v) is 13.5. The van der Waals surface area contributed by atoms with Crippen molar-refractivity contribution in [1.82, 2.24) is 0 Å². The molecule has 3 aromatic carbocycles. The third-order valence-corrected chi connectivity index (χ3v) is 3.93. The highest BCUT2D eigenvalue weighted by molar-refractivity contribution is 5.84.